The Balaban J connectivity index is 1.64. The van der Waals surface area contributed by atoms with Crippen LogP contribution in [0.15, 0.2) is 52.9 Å². The Bertz CT molecular complexity index is 1020. The number of benzene rings is 2. The van der Waals surface area contributed by atoms with Crippen LogP contribution in [0.1, 0.15) is 36.8 Å². The van der Waals surface area contributed by atoms with Gasteiger partial charge < -0.3 is 14.5 Å². The molecule has 0 radical (unpaired) electrons. The number of carbonyl (C=O) groups is 1. The third kappa shape index (κ3) is 4.86. The number of ether oxygens (including phenoxy) is 1. The second-order valence-corrected chi connectivity index (χ2v) is 7.11. The molecule has 0 saturated heterocycles. The monoisotopic (exact) mass is 397 g/mol. The van der Waals surface area contributed by atoms with E-state index in [1.165, 1.54) is 4.68 Å². The van der Waals surface area contributed by atoms with E-state index in [4.69, 9.17) is 21.4 Å². The molecule has 6 nitrogen and oxygen atoms in total. The van der Waals surface area contributed by atoms with Crippen molar-refractivity contribution in [3.8, 4) is 5.75 Å². The molecular weight excluding hydrogens is 374 g/mol. The van der Waals surface area contributed by atoms with Crippen LogP contribution in [0, 0.1) is 11.8 Å². The van der Waals surface area contributed by atoms with E-state index in [-0.39, 0.29) is 23.9 Å². The highest BCUT2D eigenvalue weighted by Gasteiger charge is 2.13. The van der Waals surface area contributed by atoms with Crippen LogP contribution in [0.3, 0.4) is 0 Å². The lowest BCUT2D eigenvalue weighted by molar-refractivity contribution is -0.117. The molecule has 7 heteroatoms. The van der Waals surface area contributed by atoms with Crippen LogP contribution >= 0.6 is 12.2 Å². The van der Waals surface area contributed by atoms with Crippen LogP contribution in [-0.4, -0.2) is 15.7 Å². The maximum Gasteiger partial charge on any atom is 0.287 e. The third-order valence-corrected chi connectivity index (χ3v) is 4.54. The van der Waals surface area contributed by atoms with Crippen molar-refractivity contribution in [2.45, 2.75) is 39.8 Å². The lowest BCUT2D eigenvalue weighted by atomic mass is 10.0. The molecular formula is C21H23N3O3S. The number of rotatable bonds is 7. The molecule has 0 spiro atoms. The van der Waals surface area contributed by atoms with Crippen molar-refractivity contribution in [3.63, 3.8) is 0 Å². The van der Waals surface area contributed by atoms with Crippen molar-refractivity contribution < 1.29 is 13.9 Å². The SMILES string of the molecule is Cc1ccccc1OCc1nn(CC(=O)Nc2ccccc2C(C)C)c(=S)o1. The van der Waals surface area contributed by atoms with Crippen LogP contribution in [0.25, 0.3) is 0 Å². The van der Waals surface area contributed by atoms with Gasteiger partial charge in [-0.25, -0.2) is 4.68 Å². The number of amides is 1. The zero-order valence-corrected chi connectivity index (χ0v) is 17.0. The number of carbonyl (C=O) groups excluding carboxylic acids is 1. The summed E-state index contributed by atoms with van der Waals surface area (Å²) >= 11 is 5.18. The molecule has 0 saturated carbocycles. The van der Waals surface area contributed by atoms with Gasteiger partial charge in [0.15, 0.2) is 6.61 Å². The smallest absolute Gasteiger partial charge is 0.287 e. The fraction of sp³-hybridized carbons (Fsp3) is 0.286. The highest BCUT2D eigenvalue weighted by molar-refractivity contribution is 7.71. The van der Waals surface area contributed by atoms with Crippen molar-refractivity contribution >= 4 is 23.8 Å². The average Bonchev–Trinajstić information content (AvgIpc) is 3.00. The zero-order chi connectivity index (χ0) is 20.1. The second-order valence-electron chi connectivity index (χ2n) is 6.76. The van der Waals surface area contributed by atoms with Crippen LogP contribution in [0.5, 0.6) is 5.75 Å². The van der Waals surface area contributed by atoms with Crippen molar-refractivity contribution in [1.29, 1.82) is 0 Å². The quantitative estimate of drug-likeness (QED) is 0.577. The van der Waals surface area contributed by atoms with Gasteiger partial charge in [-0.2, -0.15) is 0 Å². The van der Waals surface area contributed by atoms with E-state index < -0.39 is 0 Å². The highest BCUT2D eigenvalue weighted by atomic mass is 32.1. The van der Waals surface area contributed by atoms with Gasteiger partial charge in [0, 0.05) is 5.69 Å². The van der Waals surface area contributed by atoms with Crippen LogP contribution in [0.4, 0.5) is 5.69 Å². The van der Waals surface area contributed by atoms with Crippen molar-refractivity contribution in [3.05, 3.63) is 70.4 Å². The van der Waals surface area contributed by atoms with Crippen molar-refractivity contribution in [1.82, 2.24) is 9.78 Å². The summed E-state index contributed by atoms with van der Waals surface area (Å²) in [6.07, 6.45) is 0. The third-order valence-electron chi connectivity index (χ3n) is 4.24. The second kappa shape index (κ2) is 8.84. The van der Waals surface area contributed by atoms with Gasteiger partial charge in [0.2, 0.25) is 5.91 Å². The molecule has 0 aliphatic carbocycles. The Kier molecular flexibility index (Phi) is 6.26. The number of nitrogens with one attached hydrogen (secondary N) is 1. The van der Waals surface area contributed by atoms with Gasteiger partial charge in [0.25, 0.3) is 10.7 Å². The molecule has 146 valence electrons. The summed E-state index contributed by atoms with van der Waals surface area (Å²) in [6, 6.07) is 15.4. The molecule has 3 rings (SSSR count). The zero-order valence-electron chi connectivity index (χ0n) is 16.1. The first-order valence-corrected chi connectivity index (χ1v) is 9.49. The largest absolute Gasteiger partial charge is 0.484 e. The first kappa shape index (κ1) is 19.8. The molecule has 3 aromatic rings. The Hall–Kier alpha value is -2.93. The van der Waals surface area contributed by atoms with Gasteiger partial charge in [-0.15, -0.1) is 5.10 Å². The summed E-state index contributed by atoms with van der Waals surface area (Å²) in [5, 5.41) is 7.18. The standard InChI is InChI=1S/C21H23N3O3S/c1-14(2)16-9-5-6-10-17(16)22-19(25)12-24-21(28)27-20(23-24)13-26-18-11-7-4-8-15(18)3/h4-11,14H,12-13H2,1-3H3,(H,22,25). The number of hydrogen-bond acceptors (Lipinski definition) is 5. The Morgan fingerprint density at radius 2 is 1.93 bits per heavy atom. The molecule has 0 aliphatic rings. The normalized spacial score (nSPS) is 10.9. The van der Waals surface area contributed by atoms with Crippen molar-refractivity contribution in [2.24, 2.45) is 0 Å². The summed E-state index contributed by atoms with van der Waals surface area (Å²) in [5.74, 6) is 1.16. The van der Waals surface area contributed by atoms with E-state index in [0.717, 1.165) is 22.6 Å². The minimum Gasteiger partial charge on any atom is -0.484 e. The molecule has 0 fully saturated rings. The minimum absolute atomic E-state index is 0.0286. The summed E-state index contributed by atoms with van der Waals surface area (Å²) < 4.78 is 12.5. The minimum atomic E-state index is -0.219. The Labute approximate surface area is 169 Å². The summed E-state index contributed by atoms with van der Waals surface area (Å²) in [5.41, 5.74) is 2.89. The van der Waals surface area contributed by atoms with E-state index in [9.17, 15) is 4.79 Å². The van der Waals surface area contributed by atoms with E-state index >= 15 is 0 Å². The van der Waals surface area contributed by atoms with E-state index in [2.05, 4.69) is 24.3 Å². The maximum atomic E-state index is 12.5. The predicted molar refractivity (Wildman–Crippen MR) is 110 cm³/mol. The summed E-state index contributed by atoms with van der Waals surface area (Å²) in [7, 11) is 0. The molecule has 0 unspecified atom stereocenters. The van der Waals surface area contributed by atoms with Crippen LogP contribution in [0.2, 0.25) is 0 Å². The number of para-hydroxylation sites is 2. The summed E-state index contributed by atoms with van der Waals surface area (Å²) in [4.78, 5) is 12.6. The lowest BCUT2D eigenvalue weighted by Crippen LogP contribution is -2.20. The van der Waals surface area contributed by atoms with Gasteiger partial charge in [-0.3, -0.25) is 4.79 Å². The average molecular weight is 398 g/mol. The number of aryl methyl sites for hydroxylation is 1. The van der Waals surface area contributed by atoms with Crippen molar-refractivity contribution in [2.75, 3.05) is 5.32 Å². The van der Waals surface area contributed by atoms with Gasteiger partial charge in [-0.05, 0) is 48.3 Å². The molecule has 1 N–H and O–H groups in total. The number of nitrogens with zero attached hydrogens (tertiary/aromatic N) is 2. The number of anilines is 1. The first-order chi connectivity index (χ1) is 13.4. The molecule has 1 heterocycles. The van der Waals surface area contributed by atoms with E-state index in [0.29, 0.717) is 11.8 Å². The van der Waals surface area contributed by atoms with E-state index in [1.807, 2.05) is 55.5 Å². The lowest BCUT2D eigenvalue weighted by Gasteiger charge is -2.13. The number of hydrogen-bond donors (Lipinski definition) is 1. The molecule has 0 bridgehead atoms. The molecule has 1 aromatic heterocycles. The maximum absolute atomic E-state index is 12.5. The fourth-order valence-electron chi connectivity index (χ4n) is 2.81. The Morgan fingerprint density at radius 1 is 1.21 bits per heavy atom. The number of aromatic nitrogens is 2. The van der Waals surface area contributed by atoms with Gasteiger partial charge in [0.05, 0.1) is 0 Å². The van der Waals surface area contributed by atoms with E-state index in [1.54, 1.807) is 0 Å². The fourth-order valence-corrected chi connectivity index (χ4v) is 3.01. The molecule has 1 amide bonds. The van der Waals surface area contributed by atoms with Gasteiger partial charge in [-0.1, -0.05) is 50.2 Å². The molecule has 0 aliphatic heterocycles. The Morgan fingerprint density at radius 3 is 2.68 bits per heavy atom. The summed E-state index contributed by atoms with van der Waals surface area (Å²) in [6.45, 7) is 6.24. The molecule has 0 atom stereocenters. The molecule has 2 aromatic carbocycles. The predicted octanol–water partition coefficient (Wildman–Crippen LogP) is 4.86. The van der Waals surface area contributed by atoms with Gasteiger partial charge >= 0.3 is 0 Å². The first-order valence-electron chi connectivity index (χ1n) is 9.08. The van der Waals surface area contributed by atoms with Crippen LogP contribution < -0.4 is 10.1 Å². The van der Waals surface area contributed by atoms with Gasteiger partial charge in [0.1, 0.15) is 12.3 Å². The molecule has 28 heavy (non-hydrogen) atoms. The topological polar surface area (TPSA) is 69.3 Å². The highest BCUT2D eigenvalue weighted by Crippen LogP contribution is 2.23. The van der Waals surface area contributed by atoms with Crippen LogP contribution in [-0.2, 0) is 17.9 Å².